The quantitative estimate of drug-likeness (QED) is 0.560. The van der Waals surface area contributed by atoms with Gasteiger partial charge in [-0.3, -0.25) is 9.59 Å². The van der Waals surface area contributed by atoms with Crippen LogP contribution in [0.15, 0.2) is 47.4 Å². The van der Waals surface area contributed by atoms with Gasteiger partial charge < -0.3 is 25.3 Å². The van der Waals surface area contributed by atoms with Gasteiger partial charge in [0.05, 0.1) is 26.7 Å². The van der Waals surface area contributed by atoms with E-state index in [1.165, 1.54) is 23.5 Å². The third-order valence-corrected chi connectivity index (χ3v) is 6.63. The summed E-state index contributed by atoms with van der Waals surface area (Å²) in [6.07, 6.45) is 0.119. The molecule has 0 aromatic heterocycles. The number of sulfonamides is 1. The van der Waals surface area contributed by atoms with Gasteiger partial charge in [-0.25, -0.2) is 8.42 Å². The van der Waals surface area contributed by atoms with Gasteiger partial charge in [0.2, 0.25) is 15.9 Å². The lowest BCUT2D eigenvalue weighted by Gasteiger charge is -2.26. The summed E-state index contributed by atoms with van der Waals surface area (Å²) in [5.74, 6) is -0.279. The summed E-state index contributed by atoms with van der Waals surface area (Å²) >= 11 is 0. The molecule has 3 rings (SSSR count). The molecule has 11 heteroatoms. The van der Waals surface area contributed by atoms with Crippen molar-refractivity contribution in [2.75, 3.05) is 45.3 Å². The first-order valence-corrected chi connectivity index (χ1v) is 11.3. The molecule has 1 aliphatic heterocycles. The maximum absolute atomic E-state index is 13.0. The first-order valence-electron chi connectivity index (χ1n) is 9.85. The molecular formula is C21H25N3O7S. The van der Waals surface area contributed by atoms with E-state index in [4.69, 9.17) is 19.9 Å². The Bertz CT molecular complexity index is 1070. The van der Waals surface area contributed by atoms with E-state index in [0.29, 0.717) is 24.7 Å². The van der Waals surface area contributed by atoms with E-state index in [0.717, 1.165) is 5.56 Å². The number of methoxy groups -OCH3 is 1. The molecule has 0 unspecified atom stereocenters. The van der Waals surface area contributed by atoms with Gasteiger partial charge in [0.15, 0.2) is 6.61 Å². The average molecular weight is 464 g/mol. The summed E-state index contributed by atoms with van der Waals surface area (Å²) in [5.41, 5.74) is 6.19. The van der Waals surface area contributed by atoms with E-state index in [1.807, 2.05) is 0 Å². The lowest BCUT2D eigenvalue weighted by Crippen LogP contribution is -2.40. The summed E-state index contributed by atoms with van der Waals surface area (Å²) < 4.78 is 43.3. The largest absolute Gasteiger partial charge is 0.495 e. The highest BCUT2D eigenvalue weighted by atomic mass is 32.2. The maximum Gasteiger partial charge on any atom is 0.262 e. The third-order valence-electron chi connectivity index (χ3n) is 4.71. The highest BCUT2D eigenvalue weighted by Crippen LogP contribution is 2.30. The maximum atomic E-state index is 13.0. The first kappa shape index (κ1) is 23.5. The van der Waals surface area contributed by atoms with Crippen LogP contribution in [0.3, 0.4) is 0 Å². The molecule has 2 aromatic rings. The molecule has 32 heavy (non-hydrogen) atoms. The molecule has 1 heterocycles. The summed E-state index contributed by atoms with van der Waals surface area (Å²) in [6.45, 7) is 0.840. The van der Waals surface area contributed by atoms with Gasteiger partial charge in [0, 0.05) is 18.8 Å². The first-order chi connectivity index (χ1) is 15.3. The van der Waals surface area contributed by atoms with Gasteiger partial charge in [-0.2, -0.15) is 4.31 Å². The van der Waals surface area contributed by atoms with Crippen molar-refractivity contribution < 1.29 is 32.2 Å². The second-order valence-electron chi connectivity index (χ2n) is 7.01. The monoisotopic (exact) mass is 463 g/mol. The molecule has 1 fully saturated rings. The number of carbonyl (C=O) groups excluding carboxylic acids is 2. The summed E-state index contributed by atoms with van der Waals surface area (Å²) in [4.78, 5) is 23.2. The Labute approximate surface area is 186 Å². The van der Waals surface area contributed by atoms with Crippen LogP contribution in [0.5, 0.6) is 11.5 Å². The minimum absolute atomic E-state index is 0.0364. The van der Waals surface area contributed by atoms with Crippen molar-refractivity contribution in [3.8, 4) is 11.5 Å². The second kappa shape index (κ2) is 10.4. The lowest BCUT2D eigenvalue weighted by molar-refractivity contribution is -0.118. The van der Waals surface area contributed by atoms with Crippen molar-refractivity contribution in [2.45, 2.75) is 11.3 Å². The summed E-state index contributed by atoms with van der Waals surface area (Å²) in [7, 11) is -2.43. The molecule has 1 saturated heterocycles. The predicted octanol–water partition coefficient (Wildman–Crippen LogP) is 0.761. The van der Waals surface area contributed by atoms with E-state index in [2.05, 4.69) is 5.32 Å². The smallest absolute Gasteiger partial charge is 0.262 e. The number of hydrogen-bond acceptors (Lipinski definition) is 7. The number of nitrogens with one attached hydrogen (secondary N) is 1. The Morgan fingerprint density at radius 1 is 1.12 bits per heavy atom. The standard InChI is InChI=1S/C21H25N3O7S/c1-29-18-7-4-16(13-19(18)32(27,28)24-8-10-30-11-9-24)23-21(26)14-31-17-5-2-15(3-6-17)12-20(22)25/h2-7,13H,8-12,14H2,1H3,(H2,22,25)(H,23,26). The number of nitrogens with two attached hydrogens (primary N) is 1. The van der Waals surface area contributed by atoms with Gasteiger partial charge >= 0.3 is 0 Å². The number of anilines is 1. The Morgan fingerprint density at radius 3 is 2.44 bits per heavy atom. The van der Waals surface area contributed by atoms with Gasteiger partial charge in [0.1, 0.15) is 16.4 Å². The van der Waals surface area contributed by atoms with Gasteiger partial charge in [-0.15, -0.1) is 0 Å². The molecule has 0 atom stereocenters. The number of rotatable bonds is 9. The van der Waals surface area contributed by atoms with E-state index in [9.17, 15) is 18.0 Å². The van der Waals surface area contributed by atoms with Crippen molar-refractivity contribution in [3.05, 3.63) is 48.0 Å². The molecule has 172 valence electrons. The van der Waals surface area contributed by atoms with Crippen LogP contribution in [0.1, 0.15) is 5.56 Å². The van der Waals surface area contributed by atoms with Crippen molar-refractivity contribution >= 4 is 27.5 Å². The fourth-order valence-electron chi connectivity index (χ4n) is 3.13. The third kappa shape index (κ3) is 5.96. The number of carbonyl (C=O) groups is 2. The normalized spacial score (nSPS) is 14.5. The number of nitrogens with zero attached hydrogens (tertiary/aromatic N) is 1. The van der Waals surface area contributed by atoms with Crippen LogP contribution in [0, 0.1) is 0 Å². The fraction of sp³-hybridized carbons (Fsp3) is 0.333. The number of benzene rings is 2. The van der Waals surface area contributed by atoms with E-state index in [-0.39, 0.29) is 36.8 Å². The highest BCUT2D eigenvalue weighted by molar-refractivity contribution is 7.89. The molecular weight excluding hydrogens is 438 g/mol. The van der Waals surface area contributed by atoms with E-state index in [1.54, 1.807) is 30.3 Å². The van der Waals surface area contributed by atoms with Crippen molar-refractivity contribution in [2.24, 2.45) is 5.73 Å². The van der Waals surface area contributed by atoms with Crippen molar-refractivity contribution in [1.29, 1.82) is 0 Å². The SMILES string of the molecule is COc1ccc(NC(=O)COc2ccc(CC(N)=O)cc2)cc1S(=O)(=O)N1CCOCC1. The van der Waals surface area contributed by atoms with Crippen LogP contribution in [0.2, 0.25) is 0 Å². The van der Waals surface area contributed by atoms with E-state index >= 15 is 0 Å². The number of morpholine rings is 1. The topological polar surface area (TPSA) is 137 Å². The van der Waals surface area contributed by atoms with Crippen LogP contribution in [-0.4, -0.2) is 64.6 Å². The molecule has 1 aliphatic rings. The molecule has 0 radical (unpaired) electrons. The van der Waals surface area contributed by atoms with E-state index < -0.39 is 21.8 Å². The Hall–Kier alpha value is -3.15. The summed E-state index contributed by atoms with van der Waals surface area (Å²) in [5, 5.41) is 2.63. The zero-order chi connectivity index (χ0) is 23.1. The molecule has 2 aromatic carbocycles. The predicted molar refractivity (Wildman–Crippen MR) is 116 cm³/mol. The van der Waals surface area contributed by atoms with Crippen LogP contribution in [-0.2, 0) is 30.8 Å². The molecule has 0 aliphatic carbocycles. The van der Waals surface area contributed by atoms with Gasteiger partial charge in [-0.1, -0.05) is 12.1 Å². The molecule has 0 spiro atoms. The Balaban J connectivity index is 1.66. The van der Waals surface area contributed by atoms with Crippen molar-refractivity contribution in [1.82, 2.24) is 4.31 Å². The molecule has 0 bridgehead atoms. The Kier molecular flexibility index (Phi) is 7.67. The van der Waals surface area contributed by atoms with Crippen molar-refractivity contribution in [3.63, 3.8) is 0 Å². The van der Waals surface area contributed by atoms with Crippen LogP contribution >= 0.6 is 0 Å². The number of amides is 2. The highest BCUT2D eigenvalue weighted by Gasteiger charge is 2.29. The zero-order valence-corrected chi connectivity index (χ0v) is 18.4. The number of ether oxygens (including phenoxy) is 3. The molecule has 10 nitrogen and oxygen atoms in total. The second-order valence-corrected chi connectivity index (χ2v) is 8.91. The van der Waals surface area contributed by atoms with Crippen LogP contribution < -0.4 is 20.5 Å². The summed E-state index contributed by atoms with van der Waals surface area (Å²) in [6, 6.07) is 11.0. The minimum Gasteiger partial charge on any atom is -0.495 e. The molecule has 2 amide bonds. The number of primary amides is 1. The number of hydrogen-bond donors (Lipinski definition) is 2. The van der Waals surface area contributed by atoms with Gasteiger partial charge in [0.25, 0.3) is 5.91 Å². The molecule has 3 N–H and O–H groups in total. The molecule has 0 saturated carbocycles. The average Bonchev–Trinajstić information content (AvgIpc) is 2.79. The van der Waals surface area contributed by atoms with Crippen LogP contribution in [0.4, 0.5) is 5.69 Å². The minimum atomic E-state index is -3.82. The Morgan fingerprint density at radius 2 is 1.81 bits per heavy atom. The van der Waals surface area contributed by atoms with Crippen LogP contribution in [0.25, 0.3) is 0 Å². The lowest BCUT2D eigenvalue weighted by atomic mass is 10.1. The zero-order valence-electron chi connectivity index (χ0n) is 17.6. The fourth-order valence-corrected chi connectivity index (χ4v) is 4.72. The van der Waals surface area contributed by atoms with Gasteiger partial charge in [-0.05, 0) is 35.9 Å².